The van der Waals surface area contributed by atoms with Gasteiger partial charge in [0.25, 0.3) is 11.6 Å². The number of nitro benzene ring substituents is 1. The van der Waals surface area contributed by atoms with E-state index >= 15 is 0 Å². The van der Waals surface area contributed by atoms with E-state index in [2.05, 4.69) is 10.5 Å². The van der Waals surface area contributed by atoms with Gasteiger partial charge in [0.1, 0.15) is 11.5 Å². The van der Waals surface area contributed by atoms with Crippen LogP contribution >= 0.6 is 0 Å². The first kappa shape index (κ1) is 18.8. The van der Waals surface area contributed by atoms with Crippen LogP contribution in [0.5, 0.6) is 11.5 Å². The second-order valence-corrected chi connectivity index (χ2v) is 5.79. The number of carbonyl (C=O) groups excluding carboxylic acids is 1. The zero-order valence-electron chi connectivity index (χ0n) is 15.0. The summed E-state index contributed by atoms with van der Waals surface area (Å²) in [5.74, 6) is -0.536. The van der Waals surface area contributed by atoms with Crippen molar-refractivity contribution >= 4 is 28.6 Å². The van der Waals surface area contributed by atoms with Crippen molar-refractivity contribution < 1.29 is 19.6 Å². The zero-order valence-corrected chi connectivity index (χ0v) is 15.0. The zero-order chi connectivity index (χ0) is 20.1. The Balaban J connectivity index is 1.89. The summed E-state index contributed by atoms with van der Waals surface area (Å²) >= 11 is 0. The van der Waals surface area contributed by atoms with Crippen molar-refractivity contribution in [2.75, 3.05) is 6.61 Å². The predicted molar refractivity (Wildman–Crippen MR) is 105 cm³/mol. The fraction of sp³-hybridized carbons (Fsp3) is 0.100. The van der Waals surface area contributed by atoms with Crippen LogP contribution in [0.4, 0.5) is 5.69 Å². The molecular formula is C20H17N3O5. The Morgan fingerprint density at radius 2 is 2.04 bits per heavy atom. The summed E-state index contributed by atoms with van der Waals surface area (Å²) < 4.78 is 5.63. The molecule has 1 amide bonds. The molecule has 0 aromatic heterocycles. The molecule has 8 nitrogen and oxygen atoms in total. The number of nitrogens with zero attached hydrogens (tertiary/aromatic N) is 2. The highest BCUT2D eigenvalue weighted by Crippen LogP contribution is 2.27. The summed E-state index contributed by atoms with van der Waals surface area (Å²) in [7, 11) is 0. The van der Waals surface area contributed by atoms with Crippen molar-refractivity contribution in [2.24, 2.45) is 5.10 Å². The average Bonchev–Trinajstić information content (AvgIpc) is 2.69. The Morgan fingerprint density at radius 3 is 2.79 bits per heavy atom. The van der Waals surface area contributed by atoms with E-state index in [1.165, 1.54) is 6.21 Å². The van der Waals surface area contributed by atoms with Crippen molar-refractivity contribution in [1.82, 2.24) is 5.43 Å². The molecule has 0 aliphatic rings. The fourth-order valence-corrected chi connectivity index (χ4v) is 2.73. The number of rotatable bonds is 6. The Bertz CT molecular complexity index is 1080. The largest absolute Gasteiger partial charge is 0.507 e. The molecule has 3 rings (SSSR count). The lowest BCUT2D eigenvalue weighted by atomic mass is 10.0. The Hall–Kier alpha value is -3.94. The van der Waals surface area contributed by atoms with Crippen molar-refractivity contribution in [1.29, 1.82) is 0 Å². The number of carbonyl (C=O) groups is 1. The van der Waals surface area contributed by atoms with E-state index in [4.69, 9.17) is 4.74 Å². The van der Waals surface area contributed by atoms with Gasteiger partial charge < -0.3 is 9.84 Å². The van der Waals surface area contributed by atoms with Crippen LogP contribution in [0.15, 0.2) is 59.7 Å². The van der Waals surface area contributed by atoms with Crippen LogP contribution in [0.2, 0.25) is 0 Å². The van der Waals surface area contributed by atoms with Gasteiger partial charge in [-0.25, -0.2) is 5.43 Å². The summed E-state index contributed by atoms with van der Waals surface area (Å²) in [6.07, 6.45) is 1.44. The molecule has 3 aromatic rings. The summed E-state index contributed by atoms with van der Waals surface area (Å²) in [5.41, 5.74) is 2.42. The Labute approximate surface area is 160 Å². The molecule has 0 spiro atoms. The normalized spacial score (nSPS) is 10.9. The fourth-order valence-electron chi connectivity index (χ4n) is 2.73. The molecule has 28 heavy (non-hydrogen) atoms. The van der Waals surface area contributed by atoms with Crippen LogP contribution < -0.4 is 10.2 Å². The monoisotopic (exact) mass is 379 g/mol. The molecule has 8 heteroatoms. The van der Waals surface area contributed by atoms with Gasteiger partial charge in [-0.05, 0) is 29.8 Å². The maximum Gasteiger partial charge on any atom is 0.275 e. The third-order valence-corrected chi connectivity index (χ3v) is 4.03. The minimum absolute atomic E-state index is 0.241. The minimum Gasteiger partial charge on any atom is -0.507 e. The molecule has 0 radical (unpaired) electrons. The van der Waals surface area contributed by atoms with Crippen LogP contribution in [-0.2, 0) is 0 Å². The standard InChI is InChI=1S/C20H17N3O5/c1-2-28-19-10-7-13-5-3-4-6-15(13)17(19)12-21-22-20(25)16-11-14(23(26)27)8-9-18(16)24/h3-12,24H,2H2,1H3,(H,22,25)/b21-12+. The molecule has 0 bridgehead atoms. The quantitative estimate of drug-likeness (QED) is 0.386. The van der Waals surface area contributed by atoms with Crippen molar-refractivity contribution in [2.45, 2.75) is 6.92 Å². The first-order chi connectivity index (χ1) is 13.5. The van der Waals surface area contributed by atoms with Gasteiger partial charge in [0.05, 0.1) is 23.3 Å². The van der Waals surface area contributed by atoms with E-state index in [1.807, 2.05) is 43.3 Å². The lowest BCUT2D eigenvalue weighted by Crippen LogP contribution is -2.18. The van der Waals surface area contributed by atoms with E-state index in [0.29, 0.717) is 17.9 Å². The molecule has 142 valence electrons. The second kappa shape index (κ2) is 8.17. The third kappa shape index (κ3) is 3.90. The van der Waals surface area contributed by atoms with E-state index < -0.39 is 10.8 Å². The average molecular weight is 379 g/mol. The minimum atomic E-state index is -0.768. The predicted octanol–water partition coefficient (Wildman–Crippen LogP) is 3.62. The highest BCUT2D eigenvalue weighted by molar-refractivity contribution is 6.03. The lowest BCUT2D eigenvalue weighted by molar-refractivity contribution is -0.384. The van der Waals surface area contributed by atoms with E-state index in [1.54, 1.807) is 0 Å². The first-order valence-corrected chi connectivity index (χ1v) is 8.46. The number of hydrazone groups is 1. The molecule has 0 unspecified atom stereocenters. The lowest BCUT2D eigenvalue weighted by Gasteiger charge is -2.10. The number of benzene rings is 3. The van der Waals surface area contributed by atoms with Crippen LogP contribution in [0, 0.1) is 10.1 Å². The van der Waals surface area contributed by atoms with Gasteiger partial charge in [-0.1, -0.05) is 30.3 Å². The molecular weight excluding hydrogens is 362 g/mol. The highest BCUT2D eigenvalue weighted by atomic mass is 16.6. The molecule has 0 fully saturated rings. The molecule has 0 heterocycles. The van der Waals surface area contributed by atoms with Gasteiger partial charge in [-0.15, -0.1) is 0 Å². The van der Waals surface area contributed by atoms with E-state index in [0.717, 1.165) is 29.0 Å². The molecule has 2 N–H and O–H groups in total. The number of hydrogen-bond acceptors (Lipinski definition) is 6. The van der Waals surface area contributed by atoms with Crippen LogP contribution in [0.1, 0.15) is 22.8 Å². The maximum atomic E-state index is 12.3. The van der Waals surface area contributed by atoms with Gasteiger partial charge >= 0.3 is 0 Å². The summed E-state index contributed by atoms with van der Waals surface area (Å²) in [6, 6.07) is 14.6. The van der Waals surface area contributed by atoms with E-state index in [-0.39, 0.29) is 17.0 Å². The number of hydrogen-bond donors (Lipinski definition) is 2. The Kier molecular flexibility index (Phi) is 5.50. The van der Waals surface area contributed by atoms with Gasteiger partial charge in [-0.3, -0.25) is 14.9 Å². The van der Waals surface area contributed by atoms with Crippen molar-refractivity contribution in [3.8, 4) is 11.5 Å². The molecule has 0 aliphatic carbocycles. The van der Waals surface area contributed by atoms with E-state index in [9.17, 15) is 20.0 Å². The van der Waals surface area contributed by atoms with Crippen molar-refractivity contribution in [3.63, 3.8) is 0 Å². The number of nitrogens with one attached hydrogen (secondary N) is 1. The second-order valence-electron chi connectivity index (χ2n) is 5.79. The number of nitro groups is 1. The first-order valence-electron chi connectivity index (χ1n) is 8.46. The summed E-state index contributed by atoms with van der Waals surface area (Å²) in [5, 5.41) is 26.5. The molecule has 3 aromatic carbocycles. The van der Waals surface area contributed by atoms with Gasteiger partial charge in [0.2, 0.25) is 0 Å². The number of fused-ring (bicyclic) bond motifs is 1. The number of non-ortho nitro benzene ring substituents is 1. The number of phenolic OH excluding ortho intramolecular Hbond substituents is 1. The highest BCUT2D eigenvalue weighted by Gasteiger charge is 2.16. The number of phenols is 1. The molecule has 0 atom stereocenters. The summed E-state index contributed by atoms with van der Waals surface area (Å²) in [4.78, 5) is 22.5. The SMILES string of the molecule is CCOc1ccc2ccccc2c1/C=N/NC(=O)c1cc([N+](=O)[O-])ccc1O. The van der Waals surface area contributed by atoms with Crippen LogP contribution in [-0.4, -0.2) is 28.8 Å². The van der Waals surface area contributed by atoms with Crippen LogP contribution in [0.3, 0.4) is 0 Å². The Morgan fingerprint density at radius 1 is 1.25 bits per heavy atom. The number of amides is 1. The number of ether oxygens (including phenoxy) is 1. The smallest absolute Gasteiger partial charge is 0.275 e. The van der Waals surface area contributed by atoms with Crippen molar-refractivity contribution in [3.05, 3.63) is 75.8 Å². The van der Waals surface area contributed by atoms with Gasteiger partial charge in [-0.2, -0.15) is 5.10 Å². The van der Waals surface area contributed by atoms with Crippen LogP contribution in [0.25, 0.3) is 10.8 Å². The molecule has 0 aliphatic heterocycles. The summed E-state index contributed by atoms with van der Waals surface area (Å²) in [6.45, 7) is 2.33. The maximum absolute atomic E-state index is 12.3. The molecule has 0 saturated carbocycles. The van der Waals surface area contributed by atoms with Gasteiger partial charge in [0.15, 0.2) is 0 Å². The molecule has 0 saturated heterocycles. The third-order valence-electron chi connectivity index (χ3n) is 4.03. The van der Waals surface area contributed by atoms with Gasteiger partial charge in [0, 0.05) is 17.7 Å². The topological polar surface area (TPSA) is 114 Å². The number of aromatic hydroxyl groups is 1.